The van der Waals surface area contributed by atoms with E-state index in [0.29, 0.717) is 13.0 Å². The van der Waals surface area contributed by atoms with Crippen molar-refractivity contribution >= 4 is 5.97 Å². The Morgan fingerprint density at radius 2 is 0.878 bits per heavy atom. The van der Waals surface area contributed by atoms with Crippen LogP contribution in [-0.4, -0.2) is 142 Å². The molecule has 0 bridgehead atoms. The quantitative estimate of drug-likeness (QED) is 0.0172. The Morgan fingerprint density at radius 3 is 1.38 bits per heavy atom. The number of rotatable bonds is 47. The minimum atomic E-state index is -1.71. The van der Waals surface area contributed by atoms with Gasteiger partial charge in [-0.15, -0.1) is 0 Å². The van der Waals surface area contributed by atoms with Crippen LogP contribution in [0, 0.1) is 0 Å². The van der Waals surface area contributed by atoms with E-state index in [1.165, 1.54) is 109 Å². The van der Waals surface area contributed by atoms with E-state index in [-0.39, 0.29) is 25.6 Å². The van der Waals surface area contributed by atoms with Gasteiger partial charge in [-0.05, 0) is 57.8 Å². The third-order valence-corrected chi connectivity index (χ3v) is 13.8. The number of carbonyl (C=O) groups is 1. The van der Waals surface area contributed by atoms with Crippen molar-refractivity contribution in [2.45, 2.75) is 280 Å². The number of unbranched alkanes of at least 4 members (excludes halogenated alkanes) is 23. The van der Waals surface area contributed by atoms with E-state index in [9.17, 15) is 40.5 Å². The average molecular weight is 1050 g/mol. The van der Waals surface area contributed by atoms with Crippen LogP contribution in [0.25, 0.3) is 0 Å². The molecule has 7 N–H and O–H groups in total. The number of carbonyl (C=O) groups excluding carboxylic acids is 1. The first kappa shape index (κ1) is 67.8. The molecule has 14 heteroatoms. The zero-order valence-corrected chi connectivity index (χ0v) is 46.1. The molecular weight excluding hydrogens is 945 g/mol. The van der Waals surface area contributed by atoms with Crippen LogP contribution >= 0.6 is 0 Å². The summed E-state index contributed by atoms with van der Waals surface area (Å²) < 4.78 is 34.4. The predicted octanol–water partition coefficient (Wildman–Crippen LogP) is 10.5. The Morgan fingerprint density at radius 1 is 0.459 bits per heavy atom. The van der Waals surface area contributed by atoms with Gasteiger partial charge in [-0.25, -0.2) is 0 Å². The topological polar surface area (TPSA) is 214 Å². The Bertz CT molecular complexity index is 1450. The van der Waals surface area contributed by atoms with E-state index in [1.54, 1.807) is 0 Å². The number of allylic oxidation sites excluding steroid dienone is 10. The van der Waals surface area contributed by atoms with E-state index in [0.717, 1.165) is 77.0 Å². The van der Waals surface area contributed by atoms with Crippen LogP contribution in [0.1, 0.15) is 213 Å². The van der Waals surface area contributed by atoms with Gasteiger partial charge >= 0.3 is 5.97 Å². The van der Waals surface area contributed by atoms with Gasteiger partial charge in [0.15, 0.2) is 12.6 Å². The zero-order valence-electron chi connectivity index (χ0n) is 46.1. The molecular formula is C60H106O14. The fraction of sp³-hybridized carbons (Fsp3) is 0.817. The molecule has 0 saturated carbocycles. The minimum absolute atomic E-state index is 0.0587. The second kappa shape index (κ2) is 46.8. The molecule has 2 fully saturated rings. The summed E-state index contributed by atoms with van der Waals surface area (Å²) in [5.74, 6) is -0.377. The lowest BCUT2D eigenvalue weighted by Gasteiger charge is -2.42. The van der Waals surface area contributed by atoms with Crippen LogP contribution in [0.5, 0.6) is 0 Å². The summed E-state index contributed by atoms with van der Waals surface area (Å²) in [7, 11) is 0. The van der Waals surface area contributed by atoms with Crippen molar-refractivity contribution in [3.8, 4) is 0 Å². The van der Waals surface area contributed by atoms with E-state index >= 15 is 0 Å². The normalized spacial score (nSPS) is 25.2. The van der Waals surface area contributed by atoms with Gasteiger partial charge in [0.25, 0.3) is 0 Å². The van der Waals surface area contributed by atoms with Gasteiger partial charge in [-0.3, -0.25) is 4.79 Å². The molecule has 74 heavy (non-hydrogen) atoms. The van der Waals surface area contributed by atoms with E-state index < -0.39 is 80.7 Å². The van der Waals surface area contributed by atoms with Crippen molar-refractivity contribution < 1.29 is 69.0 Å². The number of aliphatic hydroxyl groups excluding tert-OH is 7. The van der Waals surface area contributed by atoms with Gasteiger partial charge < -0.3 is 64.2 Å². The second-order valence-electron chi connectivity index (χ2n) is 20.4. The maximum absolute atomic E-state index is 13.0. The zero-order chi connectivity index (χ0) is 53.7. The summed E-state index contributed by atoms with van der Waals surface area (Å²) in [5, 5.41) is 72.3. The number of hydrogen-bond acceptors (Lipinski definition) is 14. The molecule has 2 rings (SSSR count). The molecule has 0 aromatic carbocycles. The van der Waals surface area contributed by atoms with Crippen LogP contribution in [0.3, 0.4) is 0 Å². The first-order valence-corrected chi connectivity index (χ1v) is 29.4. The summed E-state index contributed by atoms with van der Waals surface area (Å²) in [6.07, 6.45) is 41.4. The van der Waals surface area contributed by atoms with Crippen molar-refractivity contribution in [3.63, 3.8) is 0 Å². The molecule has 2 saturated heterocycles. The average Bonchev–Trinajstić information content (AvgIpc) is 3.40. The highest BCUT2D eigenvalue weighted by molar-refractivity contribution is 5.69. The second-order valence-corrected chi connectivity index (χ2v) is 20.4. The largest absolute Gasteiger partial charge is 0.457 e. The van der Waals surface area contributed by atoms with Crippen molar-refractivity contribution in [2.75, 3.05) is 33.0 Å². The summed E-state index contributed by atoms with van der Waals surface area (Å²) in [6, 6.07) is 0. The molecule has 0 aliphatic carbocycles. The molecule has 430 valence electrons. The maximum atomic E-state index is 13.0. The standard InChI is InChI=1S/C60H106O14/c1-3-5-7-9-11-13-15-17-19-20-21-22-23-24-25-26-27-28-29-30-32-34-36-38-40-42-44-69-46-49(72-52(62)43-41-39-37-35-33-31-18-16-14-12-10-8-6-4-2)47-70-59-58(68)56(66)54(64)51(74-59)48-71-60-57(67)55(65)53(63)50(45-61)73-60/h5,7,11,13,17,19,21-22,24-25,49-51,53-61,63-68H,3-4,6,8-10,12,14-16,18,20,23,26-48H2,1-2H3/b7-5-,13-11-,19-17-,22-21-,25-24-. The lowest BCUT2D eigenvalue weighted by Crippen LogP contribution is -2.61. The molecule has 2 heterocycles. The van der Waals surface area contributed by atoms with Gasteiger partial charge in [-0.2, -0.15) is 0 Å². The molecule has 0 spiro atoms. The molecule has 0 aromatic heterocycles. The molecule has 2 aliphatic rings. The van der Waals surface area contributed by atoms with Crippen molar-refractivity contribution in [2.24, 2.45) is 0 Å². The minimum Gasteiger partial charge on any atom is -0.457 e. The first-order chi connectivity index (χ1) is 36.1. The Kier molecular flexibility index (Phi) is 42.8. The summed E-state index contributed by atoms with van der Waals surface area (Å²) in [6.45, 7) is 3.58. The van der Waals surface area contributed by atoms with Crippen molar-refractivity contribution in [3.05, 3.63) is 60.8 Å². The number of aliphatic hydroxyl groups is 7. The summed E-state index contributed by atoms with van der Waals surface area (Å²) >= 11 is 0. The highest BCUT2D eigenvalue weighted by Crippen LogP contribution is 2.27. The molecule has 0 aromatic rings. The third kappa shape index (κ3) is 33.1. The SMILES string of the molecule is CC/C=C\C/C=C\C/C=C\C/C=C\C/C=C\CCCCCCCCCCCCOCC(COC1OC(COC2OC(CO)C(O)C(O)C2O)C(O)C(O)C1O)OC(=O)CCCCCCCCCCCCCCCC. The maximum Gasteiger partial charge on any atom is 0.306 e. The van der Waals surface area contributed by atoms with Crippen molar-refractivity contribution in [1.82, 2.24) is 0 Å². The summed E-state index contributed by atoms with van der Waals surface area (Å²) in [4.78, 5) is 13.0. The van der Waals surface area contributed by atoms with Gasteiger partial charge in [0.05, 0.1) is 26.4 Å². The molecule has 0 amide bonds. The number of esters is 1. The van der Waals surface area contributed by atoms with E-state index in [2.05, 4.69) is 74.6 Å². The van der Waals surface area contributed by atoms with Gasteiger partial charge in [0.1, 0.15) is 54.9 Å². The lowest BCUT2D eigenvalue weighted by atomic mass is 9.98. The molecule has 11 unspecified atom stereocenters. The smallest absolute Gasteiger partial charge is 0.306 e. The Balaban J connectivity index is 1.68. The highest BCUT2D eigenvalue weighted by Gasteiger charge is 2.47. The van der Waals surface area contributed by atoms with Crippen molar-refractivity contribution in [1.29, 1.82) is 0 Å². The van der Waals surface area contributed by atoms with Gasteiger partial charge in [0.2, 0.25) is 0 Å². The molecule has 11 atom stereocenters. The fourth-order valence-electron chi connectivity index (χ4n) is 9.08. The third-order valence-electron chi connectivity index (χ3n) is 13.8. The predicted molar refractivity (Wildman–Crippen MR) is 293 cm³/mol. The van der Waals surface area contributed by atoms with E-state index in [4.69, 9.17) is 28.4 Å². The number of ether oxygens (including phenoxy) is 6. The number of hydrogen-bond donors (Lipinski definition) is 7. The van der Waals surface area contributed by atoms with Crippen LogP contribution in [0.2, 0.25) is 0 Å². The summed E-state index contributed by atoms with van der Waals surface area (Å²) in [5.41, 5.74) is 0. The Labute approximate surface area is 447 Å². The van der Waals surface area contributed by atoms with Gasteiger partial charge in [0, 0.05) is 13.0 Å². The molecule has 0 radical (unpaired) electrons. The monoisotopic (exact) mass is 1050 g/mol. The highest BCUT2D eigenvalue weighted by atomic mass is 16.7. The van der Waals surface area contributed by atoms with E-state index in [1.807, 2.05) is 0 Å². The lowest BCUT2D eigenvalue weighted by molar-refractivity contribution is -0.332. The van der Waals surface area contributed by atoms with Crippen LogP contribution < -0.4 is 0 Å². The van der Waals surface area contributed by atoms with Gasteiger partial charge in [-0.1, -0.05) is 209 Å². The molecule has 14 nitrogen and oxygen atoms in total. The Hall–Kier alpha value is -2.31. The van der Waals surface area contributed by atoms with Crippen LogP contribution in [-0.2, 0) is 33.2 Å². The van der Waals surface area contributed by atoms with Crippen LogP contribution in [0.4, 0.5) is 0 Å². The fourth-order valence-corrected chi connectivity index (χ4v) is 9.08. The van der Waals surface area contributed by atoms with Crippen LogP contribution in [0.15, 0.2) is 60.8 Å². The first-order valence-electron chi connectivity index (χ1n) is 29.4. The molecule has 2 aliphatic heterocycles.